The Bertz CT molecular complexity index is 151. The lowest BCUT2D eigenvalue weighted by atomic mass is 9.92. The van der Waals surface area contributed by atoms with Crippen molar-refractivity contribution in [3.63, 3.8) is 0 Å². The highest BCUT2D eigenvalue weighted by Gasteiger charge is 2.28. The smallest absolute Gasteiger partial charge is 0.220 e. The van der Waals surface area contributed by atoms with Crippen LogP contribution in [0.4, 0.5) is 0 Å². The summed E-state index contributed by atoms with van der Waals surface area (Å²) in [6.07, 6.45) is 2.38. The zero-order valence-electron chi connectivity index (χ0n) is 6.18. The van der Waals surface area contributed by atoms with E-state index in [9.17, 15) is 4.79 Å². The summed E-state index contributed by atoms with van der Waals surface area (Å²) in [7, 11) is 0. The third kappa shape index (κ3) is 1.48. The summed E-state index contributed by atoms with van der Waals surface area (Å²) in [6.45, 7) is 1.91. The maximum Gasteiger partial charge on any atom is 0.220 e. The number of aliphatic hydroxyl groups excluding tert-OH is 1. The number of carbonyl (C=O) groups is 1. The van der Waals surface area contributed by atoms with Crippen LogP contribution in [0.15, 0.2) is 0 Å². The molecule has 0 aliphatic carbocycles. The van der Waals surface area contributed by atoms with Gasteiger partial charge in [0.25, 0.3) is 0 Å². The van der Waals surface area contributed by atoms with Crippen molar-refractivity contribution in [1.29, 1.82) is 0 Å². The van der Waals surface area contributed by atoms with Crippen LogP contribution in [0.1, 0.15) is 27.6 Å². The first-order valence-electron chi connectivity index (χ1n) is 3.58. The van der Waals surface area contributed by atoms with Crippen LogP contribution < -0.4 is 5.32 Å². The molecule has 1 aliphatic rings. The number of amides is 1. The van der Waals surface area contributed by atoms with Crippen molar-refractivity contribution in [2.45, 2.75) is 31.7 Å². The van der Waals surface area contributed by atoms with Crippen molar-refractivity contribution in [3.8, 4) is 0 Å². The fraction of sp³-hybridized carbons (Fsp3) is 0.857. The molecule has 0 radical (unpaired) electrons. The van der Waals surface area contributed by atoms with Crippen LogP contribution in [0.2, 0.25) is 0 Å². The Morgan fingerprint density at radius 1 is 1.90 bits per heavy atom. The SMILES string of the molecule is C[C@@]1(CO)CCCC(=O)N1.[HH]. The minimum atomic E-state index is -0.352. The molecule has 60 valence electrons. The minimum absolute atomic E-state index is 0. The molecule has 10 heavy (non-hydrogen) atoms. The largest absolute Gasteiger partial charge is 0.394 e. The number of hydrogen-bond acceptors (Lipinski definition) is 2. The number of piperidine rings is 1. The number of rotatable bonds is 1. The molecule has 1 fully saturated rings. The van der Waals surface area contributed by atoms with Crippen LogP contribution in [0, 0.1) is 0 Å². The van der Waals surface area contributed by atoms with Crippen LogP contribution in [-0.4, -0.2) is 23.2 Å². The molecule has 1 rings (SSSR count). The molecule has 0 spiro atoms. The van der Waals surface area contributed by atoms with E-state index >= 15 is 0 Å². The molecule has 1 heterocycles. The van der Waals surface area contributed by atoms with Gasteiger partial charge < -0.3 is 10.4 Å². The summed E-state index contributed by atoms with van der Waals surface area (Å²) in [5.41, 5.74) is -0.352. The summed E-state index contributed by atoms with van der Waals surface area (Å²) >= 11 is 0. The molecule has 0 bridgehead atoms. The van der Waals surface area contributed by atoms with Crippen molar-refractivity contribution in [2.75, 3.05) is 6.61 Å². The van der Waals surface area contributed by atoms with Crippen LogP contribution in [-0.2, 0) is 4.79 Å². The Morgan fingerprint density at radius 3 is 3.00 bits per heavy atom. The van der Waals surface area contributed by atoms with E-state index in [-0.39, 0.29) is 19.5 Å². The molecule has 3 heteroatoms. The lowest BCUT2D eigenvalue weighted by molar-refractivity contribution is -0.125. The zero-order chi connectivity index (χ0) is 7.61. The average molecular weight is 145 g/mol. The van der Waals surface area contributed by atoms with Gasteiger partial charge in [0.1, 0.15) is 0 Å². The van der Waals surface area contributed by atoms with Gasteiger partial charge in [-0.2, -0.15) is 0 Å². The Kier molecular flexibility index (Phi) is 1.94. The standard InChI is InChI=1S/C7H13NO2.H2/c1-7(5-9)4-2-3-6(10)8-7;/h9H,2-5H2,1H3,(H,8,10);1H/t7-;/m0./s1. The van der Waals surface area contributed by atoms with E-state index in [0.717, 1.165) is 12.8 Å². The van der Waals surface area contributed by atoms with E-state index in [1.807, 2.05) is 6.92 Å². The Hall–Kier alpha value is -0.570. The van der Waals surface area contributed by atoms with E-state index in [1.165, 1.54) is 0 Å². The number of carbonyl (C=O) groups excluding carboxylic acids is 1. The van der Waals surface area contributed by atoms with Gasteiger partial charge in [0, 0.05) is 7.85 Å². The van der Waals surface area contributed by atoms with E-state index < -0.39 is 0 Å². The summed E-state index contributed by atoms with van der Waals surface area (Å²) < 4.78 is 0. The van der Waals surface area contributed by atoms with Crippen molar-refractivity contribution in [1.82, 2.24) is 5.32 Å². The van der Waals surface area contributed by atoms with E-state index in [2.05, 4.69) is 5.32 Å². The van der Waals surface area contributed by atoms with Gasteiger partial charge in [0.05, 0.1) is 12.1 Å². The summed E-state index contributed by atoms with van der Waals surface area (Å²) in [5.74, 6) is 0.0581. The first-order chi connectivity index (χ1) is 4.66. The minimum Gasteiger partial charge on any atom is -0.394 e. The third-order valence-corrected chi connectivity index (χ3v) is 1.92. The first-order valence-corrected chi connectivity index (χ1v) is 3.58. The highest BCUT2D eigenvalue weighted by molar-refractivity contribution is 5.77. The van der Waals surface area contributed by atoms with Crippen molar-refractivity contribution >= 4 is 5.91 Å². The van der Waals surface area contributed by atoms with Gasteiger partial charge in [-0.3, -0.25) is 4.79 Å². The molecule has 0 aromatic carbocycles. The molecular formula is C7H15NO2. The van der Waals surface area contributed by atoms with E-state index in [4.69, 9.17) is 5.11 Å². The molecule has 3 nitrogen and oxygen atoms in total. The van der Waals surface area contributed by atoms with E-state index in [1.54, 1.807) is 0 Å². The second-order valence-corrected chi connectivity index (χ2v) is 3.12. The molecule has 1 aliphatic heterocycles. The Labute approximate surface area is 61.9 Å². The van der Waals surface area contributed by atoms with Gasteiger partial charge in [-0.15, -0.1) is 0 Å². The van der Waals surface area contributed by atoms with Crippen molar-refractivity contribution in [2.24, 2.45) is 0 Å². The van der Waals surface area contributed by atoms with Crippen LogP contribution in [0.25, 0.3) is 0 Å². The number of nitrogens with one attached hydrogen (secondary N) is 1. The van der Waals surface area contributed by atoms with Crippen molar-refractivity contribution in [3.05, 3.63) is 0 Å². The maximum atomic E-state index is 10.8. The highest BCUT2D eigenvalue weighted by atomic mass is 16.3. The molecule has 1 amide bonds. The zero-order valence-corrected chi connectivity index (χ0v) is 6.18. The fourth-order valence-electron chi connectivity index (χ4n) is 1.22. The Balaban J connectivity index is 0.000001000. The molecule has 2 N–H and O–H groups in total. The predicted octanol–water partition coefficient (Wildman–Crippen LogP) is 0.283. The van der Waals surface area contributed by atoms with Gasteiger partial charge in [0.2, 0.25) is 5.91 Å². The molecule has 0 aromatic rings. The molecule has 0 unspecified atom stereocenters. The van der Waals surface area contributed by atoms with Crippen LogP contribution in [0.5, 0.6) is 0 Å². The number of hydrogen-bond donors (Lipinski definition) is 2. The van der Waals surface area contributed by atoms with Crippen LogP contribution >= 0.6 is 0 Å². The quantitative estimate of drug-likeness (QED) is 0.557. The van der Waals surface area contributed by atoms with Gasteiger partial charge in [-0.05, 0) is 19.8 Å². The van der Waals surface area contributed by atoms with Gasteiger partial charge in [0.15, 0.2) is 0 Å². The summed E-state index contributed by atoms with van der Waals surface area (Å²) in [5, 5.41) is 11.6. The lowest BCUT2D eigenvalue weighted by Gasteiger charge is -2.32. The fourth-order valence-corrected chi connectivity index (χ4v) is 1.22. The highest BCUT2D eigenvalue weighted by Crippen LogP contribution is 2.17. The topological polar surface area (TPSA) is 49.3 Å². The third-order valence-electron chi connectivity index (χ3n) is 1.92. The lowest BCUT2D eigenvalue weighted by Crippen LogP contribution is -2.51. The van der Waals surface area contributed by atoms with Crippen molar-refractivity contribution < 1.29 is 11.3 Å². The molecular weight excluding hydrogens is 130 g/mol. The molecule has 0 aromatic heterocycles. The molecule has 1 atom stereocenters. The second kappa shape index (κ2) is 2.58. The summed E-state index contributed by atoms with van der Waals surface area (Å²) in [6, 6.07) is 0. The molecule has 0 saturated carbocycles. The van der Waals surface area contributed by atoms with Crippen LogP contribution in [0.3, 0.4) is 0 Å². The number of aliphatic hydroxyl groups is 1. The first kappa shape index (κ1) is 7.54. The average Bonchev–Trinajstić information content (AvgIpc) is 1.88. The van der Waals surface area contributed by atoms with E-state index in [0.29, 0.717) is 6.42 Å². The molecule has 1 saturated heterocycles. The Morgan fingerprint density at radius 2 is 2.60 bits per heavy atom. The van der Waals surface area contributed by atoms with Gasteiger partial charge in [-0.25, -0.2) is 0 Å². The second-order valence-electron chi connectivity index (χ2n) is 3.12. The normalized spacial score (nSPS) is 33.6. The van der Waals surface area contributed by atoms with Gasteiger partial charge >= 0.3 is 0 Å². The van der Waals surface area contributed by atoms with Gasteiger partial charge in [-0.1, -0.05) is 0 Å². The maximum absolute atomic E-state index is 10.8. The monoisotopic (exact) mass is 145 g/mol. The summed E-state index contributed by atoms with van der Waals surface area (Å²) in [4.78, 5) is 10.8. The predicted molar refractivity (Wildman–Crippen MR) is 39.6 cm³/mol.